The van der Waals surface area contributed by atoms with Crippen molar-refractivity contribution in [1.82, 2.24) is 0 Å². The van der Waals surface area contributed by atoms with Gasteiger partial charge in [-0.15, -0.1) is 11.3 Å². The minimum Gasteiger partial charge on any atom is -0.370 e. The van der Waals surface area contributed by atoms with Gasteiger partial charge in [0.25, 0.3) is 0 Å². The van der Waals surface area contributed by atoms with Crippen LogP contribution in [0, 0.1) is 6.92 Å². The third kappa shape index (κ3) is 1.45. The number of hydrogen-bond donors (Lipinski definition) is 0. The number of rotatable bonds is 1. The first-order valence-corrected chi connectivity index (χ1v) is 3.80. The van der Waals surface area contributed by atoms with E-state index in [9.17, 15) is 0 Å². The molecule has 2 heteroatoms. The lowest BCUT2D eigenvalue weighted by atomic mass is 10.4. The Bertz CT molecular complexity index is 191. The van der Waals surface area contributed by atoms with Gasteiger partial charge in [0.1, 0.15) is 0 Å². The molecule has 0 aromatic carbocycles. The number of hydrogen-bond acceptors (Lipinski definition) is 2. The molecule has 0 fully saturated rings. The van der Waals surface area contributed by atoms with Crippen molar-refractivity contribution in [3.05, 3.63) is 17.0 Å². The Morgan fingerprint density at radius 3 is 2.33 bits per heavy atom. The lowest BCUT2D eigenvalue weighted by molar-refractivity contribution is 1.15. The summed E-state index contributed by atoms with van der Waals surface area (Å²) in [5.74, 6) is 0. The second-order valence-corrected chi connectivity index (χ2v) is 3.25. The zero-order valence-corrected chi connectivity index (χ0v) is 6.83. The van der Waals surface area contributed by atoms with Crippen LogP contribution in [0.2, 0.25) is 0 Å². The van der Waals surface area contributed by atoms with Crippen molar-refractivity contribution in [1.29, 1.82) is 0 Å². The van der Waals surface area contributed by atoms with E-state index in [0.29, 0.717) is 0 Å². The summed E-state index contributed by atoms with van der Waals surface area (Å²) < 4.78 is 0. The number of nitrogens with zero attached hydrogens (tertiary/aromatic N) is 1. The summed E-state index contributed by atoms with van der Waals surface area (Å²) in [6.45, 7) is 2.11. The van der Waals surface area contributed by atoms with E-state index in [1.165, 1.54) is 10.6 Å². The van der Waals surface area contributed by atoms with Crippen LogP contribution in [-0.4, -0.2) is 14.1 Å². The van der Waals surface area contributed by atoms with Crippen LogP contribution in [0.15, 0.2) is 11.4 Å². The highest BCUT2D eigenvalue weighted by atomic mass is 32.1. The summed E-state index contributed by atoms with van der Waals surface area (Å²) in [5.41, 5.74) is 1.35. The SMILES string of the molecule is Cc1csc(N(C)C)c1. The zero-order chi connectivity index (χ0) is 6.85. The average Bonchev–Trinajstić information content (AvgIpc) is 2.14. The molecule has 1 heterocycles. The molecule has 0 amide bonds. The topological polar surface area (TPSA) is 3.24 Å². The average molecular weight is 141 g/mol. The molecular weight excluding hydrogens is 130 g/mol. The van der Waals surface area contributed by atoms with Crippen molar-refractivity contribution in [3.63, 3.8) is 0 Å². The third-order valence-corrected chi connectivity index (χ3v) is 2.37. The summed E-state index contributed by atoms with van der Waals surface area (Å²) in [7, 11) is 4.12. The monoisotopic (exact) mass is 141 g/mol. The first-order valence-electron chi connectivity index (χ1n) is 2.92. The molecule has 0 radical (unpaired) electrons. The highest BCUT2D eigenvalue weighted by Crippen LogP contribution is 2.21. The van der Waals surface area contributed by atoms with Crippen molar-refractivity contribution in [2.45, 2.75) is 6.92 Å². The van der Waals surface area contributed by atoms with E-state index in [4.69, 9.17) is 0 Å². The van der Waals surface area contributed by atoms with Gasteiger partial charge in [0.05, 0.1) is 5.00 Å². The molecule has 0 atom stereocenters. The van der Waals surface area contributed by atoms with E-state index < -0.39 is 0 Å². The van der Waals surface area contributed by atoms with Gasteiger partial charge in [-0.1, -0.05) is 0 Å². The molecule has 0 aliphatic rings. The Morgan fingerprint density at radius 1 is 1.44 bits per heavy atom. The van der Waals surface area contributed by atoms with Crippen LogP contribution in [0.5, 0.6) is 0 Å². The second-order valence-electron chi connectivity index (χ2n) is 2.36. The number of thiophene rings is 1. The van der Waals surface area contributed by atoms with E-state index in [1.54, 1.807) is 11.3 Å². The van der Waals surface area contributed by atoms with Crippen LogP contribution in [0.25, 0.3) is 0 Å². The first kappa shape index (κ1) is 6.62. The Hall–Kier alpha value is -0.500. The maximum Gasteiger partial charge on any atom is 0.0906 e. The van der Waals surface area contributed by atoms with Crippen molar-refractivity contribution >= 4 is 16.3 Å². The van der Waals surface area contributed by atoms with Crippen LogP contribution < -0.4 is 4.90 Å². The molecule has 1 aromatic heterocycles. The predicted octanol–water partition coefficient (Wildman–Crippen LogP) is 2.12. The van der Waals surface area contributed by atoms with Gasteiger partial charge in [-0.2, -0.15) is 0 Å². The van der Waals surface area contributed by atoms with Crippen molar-refractivity contribution < 1.29 is 0 Å². The number of anilines is 1. The van der Waals surface area contributed by atoms with Gasteiger partial charge >= 0.3 is 0 Å². The lowest BCUT2D eigenvalue weighted by Crippen LogP contribution is -2.05. The fourth-order valence-corrected chi connectivity index (χ4v) is 1.49. The molecule has 1 aromatic rings. The standard InChI is InChI=1S/C7H11NS/c1-6-4-7(8(2)3)9-5-6/h4-5H,1-3H3. The molecule has 0 saturated heterocycles. The Kier molecular flexibility index (Phi) is 1.76. The maximum absolute atomic E-state index is 2.19. The first-order chi connectivity index (χ1) is 4.20. The van der Waals surface area contributed by atoms with Crippen LogP contribution >= 0.6 is 11.3 Å². The molecule has 0 saturated carbocycles. The van der Waals surface area contributed by atoms with E-state index >= 15 is 0 Å². The smallest absolute Gasteiger partial charge is 0.0906 e. The highest BCUT2D eigenvalue weighted by molar-refractivity contribution is 7.14. The lowest BCUT2D eigenvalue weighted by Gasteiger charge is -2.06. The van der Waals surface area contributed by atoms with Gasteiger partial charge in [-0.3, -0.25) is 0 Å². The minimum absolute atomic E-state index is 1.33. The van der Waals surface area contributed by atoms with Gasteiger partial charge < -0.3 is 4.90 Å². The van der Waals surface area contributed by atoms with Crippen molar-refractivity contribution in [2.24, 2.45) is 0 Å². The maximum atomic E-state index is 2.19. The summed E-state index contributed by atoms with van der Waals surface area (Å²) in [4.78, 5) is 2.12. The molecule has 0 unspecified atom stereocenters. The van der Waals surface area contributed by atoms with Crippen molar-refractivity contribution in [2.75, 3.05) is 19.0 Å². The van der Waals surface area contributed by atoms with E-state index in [0.717, 1.165) is 0 Å². The van der Waals surface area contributed by atoms with Gasteiger partial charge in [0, 0.05) is 14.1 Å². The minimum atomic E-state index is 1.33. The zero-order valence-electron chi connectivity index (χ0n) is 6.01. The summed E-state index contributed by atoms with van der Waals surface area (Å²) in [6, 6.07) is 2.19. The quantitative estimate of drug-likeness (QED) is 0.579. The van der Waals surface area contributed by atoms with Crippen LogP contribution in [-0.2, 0) is 0 Å². The van der Waals surface area contributed by atoms with Crippen LogP contribution in [0.1, 0.15) is 5.56 Å². The van der Waals surface area contributed by atoms with Gasteiger partial charge in [0.15, 0.2) is 0 Å². The normalized spacial score (nSPS) is 9.67. The Balaban J connectivity index is 2.85. The molecule has 9 heavy (non-hydrogen) atoms. The molecule has 0 aliphatic carbocycles. The number of aryl methyl sites for hydroxylation is 1. The fraction of sp³-hybridized carbons (Fsp3) is 0.429. The van der Waals surface area contributed by atoms with Gasteiger partial charge in [-0.05, 0) is 23.9 Å². The van der Waals surface area contributed by atoms with Crippen molar-refractivity contribution in [3.8, 4) is 0 Å². The van der Waals surface area contributed by atoms with E-state index in [2.05, 4.69) is 37.4 Å². The Morgan fingerprint density at radius 2 is 2.11 bits per heavy atom. The molecule has 1 rings (SSSR count). The largest absolute Gasteiger partial charge is 0.370 e. The predicted molar refractivity (Wildman–Crippen MR) is 43.4 cm³/mol. The molecule has 0 bridgehead atoms. The molecule has 1 nitrogen and oxygen atoms in total. The molecule has 0 spiro atoms. The highest BCUT2D eigenvalue weighted by Gasteiger charge is 1.95. The fourth-order valence-electron chi connectivity index (χ4n) is 0.651. The molecule has 0 N–H and O–H groups in total. The summed E-state index contributed by atoms with van der Waals surface area (Å²) in [5, 5.41) is 3.49. The summed E-state index contributed by atoms with van der Waals surface area (Å²) in [6.07, 6.45) is 0. The van der Waals surface area contributed by atoms with E-state index in [-0.39, 0.29) is 0 Å². The van der Waals surface area contributed by atoms with E-state index in [1.807, 2.05) is 0 Å². The van der Waals surface area contributed by atoms with Crippen LogP contribution in [0.4, 0.5) is 5.00 Å². The van der Waals surface area contributed by atoms with Crippen LogP contribution in [0.3, 0.4) is 0 Å². The summed E-state index contributed by atoms with van der Waals surface area (Å²) >= 11 is 1.78. The molecule has 50 valence electrons. The Labute approximate surface area is 59.9 Å². The molecular formula is C7H11NS. The van der Waals surface area contributed by atoms with Gasteiger partial charge in [-0.25, -0.2) is 0 Å². The third-order valence-electron chi connectivity index (χ3n) is 1.16. The molecule has 0 aliphatic heterocycles. The van der Waals surface area contributed by atoms with Gasteiger partial charge in [0.2, 0.25) is 0 Å². The second kappa shape index (κ2) is 2.40.